The number of benzene rings is 1. The number of rotatable bonds is 9. The average molecular weight is 321 g/mol. The summed E-state index contributed by atoms with van der Waals surface area (Å²) >= 11 is 0. The van der Waals surface area contributed by atoms with Crippen LogP contribution in [0.5, 0.6) is 0 Å². The van der Waals surface area contributed by atoms with Crippen LogP contribution in [0.4, 0.5) is 11.4 Å². The standard InChI is InChI=1S/C17H27N3O3/c1-5-7-8-13(6-2)12-18-17(21)15-11-14(20(22)23)9-10-16(15)19(3)4/h9-11,13H,5-8,12H2,1-4H3,(H,18,21). The van der Waals surface area contributed by atoms with Gasteiger partial charge in [-0.25, -0.2) is 0 Å². The maximum Gasteiger partial charge on any atom is 0.270 e. The van der Waals surface area contributed by atoms with Gasteiger partial charge in [0, 0.05) is 38.5 Å². The van der Waals surface area contributed by atoms with E-state index in [1.807, 2.05) is 14.1 Å². The molecule has 0 aliphatic rings. The van der Waals surface area contributed by atoms with E-state index in [1.54, 1.807) is 11.0 Å². The number of anilines is 1. The van der Waals surface area contributed by atoms with Crippen LogP contribution in [0.2, 0.25) is 0 Å². The minimum absolute atomic E-state index is 0.0706. The fraction of sp³-hybridized carbons (Fsp3) is 0.588. The van der Waals surface area contributed by atoms with Gasteiger partial charge in [-0.2, -0.15) is 0 Å². The van der Waals surface area contributed by atoms with Crippen molar-refractivity contribution in [3.8, 4) is 0 Å². The van der Waals surface area contributed by atoms with E-state index in [0.717, 1.165) is 25.7 Å². The third-order valence-electron chi connectivity index (χ3n) is 4.01. The first-order chi connectivity index (χ1) is 10.9. The molecule has 0 radical (unpaired) electrons. The van der Waals surface area contributed by atoms with Crippen molar-refractivity contribution in [2.45, 2.75) is 39.5 Å². The molecule has 23 heavy (non-hydrogen) atoms. The van der Waals surface area contributed by atoms with E-state index < -0.39 is 4.92 Å². The number of hydrogen-bond donors (Lipinski definition) is 1. The fourth-order valence-electron chi connectivity index (χ4n) is 2.49. The summed E-state index contributed by atoms with van der Waals surface area (Å²) < 4.78 is 0. The van der Waals surface area contributed by atoms with E-state index in [-0.39, 0.29) is 11.6 Å². The van der Waals surface area contributed by atoms with Crippen LogP contribution >= 0.6 is 0 Å². The topological polar surface area (TPSA) is 75.5 Å². The molecule has 128 valence electrons. The zero-order chi connectivity index (χ0) is 17.4. The smallest absolute Gasteiger partial charge is 0.270 e. The normalized spacial score (nSPS) is 11.8. The Kier molecular flexibility index (Phi) is 7.51. The lowest BCUT2D eigenvalue weighted by molar-refractivity contribution is -0.384. The van der Waals surface area contributed by atoms with E-state index in [1.165, 1.54) is 12.1 Å². The summed E-state index contributed by atoms with van der Waals surface area (Å²) in [6, 6.07) is 4.38. The van der Waals surface area contributed by atoms with Crippen molar-refractivity contribution in [1.29, 1.82) is 0 Å². The fourth-order valence-corrected chi connectivity index (χ4v) is 2.49. The predicted octanol–water partition coefficient (Wildman–Crippen LogP) is 3.61. The van der Waals surface area contributed by atoms with Gasteiger partial charge in [0.25, 0.3) is 11.6 Å². The molecule has 0 aliphatic heterocycles. The Morgan fingerprint density at radius 2 is 2.04 bits per heavy atom. The minimum Gasteiger partial charge on any atom is -0.377 e. The molecular formula is C17H27N3O3. The van der Waals surface area contributed by atoms with Crippen LogP contribution in [-0.2, 0) is 0 Å². The highest BCUT2D eigenvalue weighted by molar-refractivity contribution is 6.00. The van der Waals surface area contributed by atoms with Crippen LogP contribution in [0.1, 0.15) is 49.9 Å². The van der Waals surface area contributed by atoms with Gasteiger partial charge >= 0.3 is 0 Å². The van der Waals surface area contributed by atoms with Crippen molar-refractivity contribution in [2.75, 3.05) is 25.5 Å². The lowest BCUT2D eigenvalue weighted by atomic mass is 9.99. The summed E-state index contributed by atoms with van der Waals surface area (Å²) in [7, 11) is 3.63. The quantitative estimate of drug-likeness (QED) is 0.557. The number of carbonyl (C=O) groups excluding carboxylic acids is 1. The molecule has 1 aromatic carbocycles. The van der Waals surface area contributed by atoms with Crippen molar-refractivity contribution in [2.24, 2.45) is 5.92 Å². The van der Waals surface area contributed by atoms with Gasteiger partial charge in [-0.1, -0.05) is 33.1 Å². The molecule has 0 spiro atoms. The molecule has 0 aliphatic carbocycles. The third kappa shape index (κ3) is 5.54. The highest BCUT2D eigenvalue weighted by atomic mass is 16.6. The Morgan fingerprint density at radius 3 is 2.57 bits per heavy atom. The summed E-state index contributed by atoms with van der Waals surface area (Å²) in [4.78, 5) is 24.7. The van der Waals surface area contributed by atoms with E-state index >= 15 is 0 Å². The molecule has 0 saturated carbocycles. The number of nitrogens with zero attached hydrogens (tertiary/aromatic N) is 2. The summed E-state index contributed by atoms with van der Waals surface area (Å²) in [5, 5.41) is 13.9. The number of nitro groups is 1. The van der Waals surface area contributed by atoms with Gasteiger partial charge in [-0.3, -0.25) is 14.9 Å². The van der Waals surface area contributed by atoms with Crippen molar-refractivity contribution < 1.29 is 9.72 Å². The van der Waals surface area contributed by atoms with Gasteiger partial charge in [-0.15, -0.1) is 0 Å². The number of non-ortho nitro benzene ring substituents is 1. The molecule has 6 heteroatoms. The van der Waals surface area contributed by atoms with Gasteiger partial charge in [0.1, 0.15) is 0 Å². The first kappa shape index (κ1) is 18.9. The van der Waals surface area contributed by atoms with E-state index in [0.29, 0.717) is 23.7 Å². The second kappa shape index (κ2) is 9.12. The highest BCUT2D eigenvalue weighted by Crippen LogP contribution is 2.24. The number of nitrogens with one attached hydrogen (secondary N) is 1. The molecule has 1 unspecified atom stereocenters. The van der Waals surface area contributed by atoms with E-state index in [2.05, 4.69) is 19.2 Å². The maximum absolute atomic E-state index is 12.5. The molecule has 1 amide bonds. The minimum atomic E-state index is -0.480. The van der Waals surface area contributed by atoms with Gasteiger partial charge < -0.3 is 10.2 Å². The van der Waals surface area contributed by atoms with Crippen molar-refractivity contribution in [3.05, 3.63) is 33.9 Å². The zero-order valence-electron chi connectivity index (χ0n) is 14.5. The largest absolute Gasteiger partial charge is 0.377 e. The molecule has 0 fully saturated rings. The molecule has 0 saturated heterocycles. The number of nitro benzene ring substituents is 1. The number of hydrogen-bond acceptors (Lipinski definition) is 4. The summed E-state index contributed by atoms with van der Waals surface area (Å²) in [5.41, 5.74) is 0.947. The Balaban J connectivity index is 2.88. The second-order valence-electron chi connectivity index (χ2n) is 5.98. The second-order valence-corrected chi connectivity index (χ2v) is 5.98. The van der Waals surface area contributed by atoms with Crippen molar-refractivity contribution in [3.63, 3.8) is 0 Å². The van der Waals surface area contributed by atoms with E-state index in [9.17, 15) is 14.9 Å². The Hall–Kier alpha value is -2.11. The SMILES string of the molecule is CCCCC(CC)CNC(=O)c1cc([N+](=O)[O-])ccc1N(C)C. The lowest BCUT2D eigenvalue weighted by Gasteiger charge is -2.19. The van der Waals surface area contributed by atoms with Crippen LogP contribution in [0.15, 0.2) is 18.2 Å². The summed E-state index contributed by atoms with van der Waals surface area (Å²) in [6.07, 6.45) is 4.38. The molecule has 0 bridgehead atoms. The van der Waals surface area contributed by atoms with Gasteiger partial charge in [0.15, 0.2) is 0 Å². The average Bonchev–Trinajstić information content (AvgIpc) is 2.54. The Bertz CT molecular complexity index is 544. The summed E-state index contributed by atoms with van der Waals surface area (Å²) in [6.45, 7) is 4.87. The maximum atomic E-state index is 12.5. The van der Waals surface area contributed by atoms with Crippen LogP contribution in [0, 0.1) is 16.0 Å². The van der Waals surface area contributed by atoms with Crippen molar-refractivity contribution >= 4 is 17.3 Å². The summed E-state index contributed by atoms with van der Waals surface area (Å²) in [5.74, 6) is 0.188. The van der Waals surface area contributed by atoms with E-state index in [4.69, 9.17) is 0 Å². The molecular weight excluding hydrogens is 294 g/mol. The first-order valence-corrected chi connectivity index (χ1v) is 8.14. The first-order valence-electron chi connectivity index (χ1n) is 8.14. The molecule has 6 nitrogen and oxygen atoms in total. The van der Waals surface area contributed by atoms with Crippen LogP contribution in [0.25, 0.3) is 0 Å². The van der Waals surface area contributed by atoms with Crippen LogP contribution < -0.4 is 10.2 Å². The number of carbonyl (C=O) groups is 1. The zero-order valence-corrected chi connectivity index (χ0v) is 14.5. The monoisotopic (exact) mass is 321 g/mol. The molecule has 1 N–H and O–H groups in total. The predicted molar refractivity (Wildman–Crippen MR) is 93.1 cm³/mol. The molecule has 0 aromatic heterocycles. The Labute approximate surface area is 138 Å². The Morgan fingerprint density at radius 1 is 1.35 bits per heavy atom. The van der Waals surface area contributed by atoms with Gasteiger partial charge in [0.2, 0.25) is 0 Å². The van der Waals surface area contributed by atoms with Crippen LogP contribution in [-0.4, -0.2) is 31.5 Å². The number of unbranched alkanes of at least 4 members (excludes halogenated alkanes) is 1. The highest BCUT2D eigenvalue weighted by Gasteiger charge is 2.18. The molecule has 1 aromatic rings. The molecule has 1 atom stereocenters. The van der Waals surface area contributed by atoms with Gasteiger partial charge in [0.05, 0.1) is 10.5 Å². The molecule has 0 heterocycles. The van der Waals surface area contributed by atoms with Gasteiger partial charge in [-0.05, 0) is 18.4 Å². The van der Waals surface area contributed by atoms with Crippen LogP contribution in [0.3, 0.4) is 0 Å². The third-order valence-corrected chi connectivity index (χ3v) is 4.01. The number of amides is 1. The van der Waals surface area contributed by atoms with Crippen molar-refractivity contribution in [1.82, 2.24) is 5.32 Å². The lowest BCUT2D eigenvalue weighted by Crippen LogP contribution is -2.30. The molecule has 1 rings (SSSR count).